The van der Waals surface area contributed by atoms with E-state index < -0.39 is 57.0 Å². The average molecular weight is 408 g/mol. The van der Waals surface area contributed by atoms with Crippen LogP contribution < -0.4 is 5.32 Å². The number of hydrogen-bond donors (Lipinski definition) is 1. The smallest absolute Gasteiger partial charge is 0.417 e. The minimum absolute atomic E-state index is 0.336. The summed E-state index contributed by atoms with van der Waals surface area (Å²) in [5.74, 6) is -4.29. The van der Waals surface area contributed by atoms with Gasteiger partial charge in [-0.05, 0) is 23.8 Å². The molecule has 0 aromatic heterocycles. The van der Waals surface area contributed by atoms with Crippen LogP contribution in [0.5, 0.6) is 0 Å². The van der Waals surface area contributed by atoms with Gasteiger partial charge in [-0.3, -0.25) is 4.79 Å². The van der Waals surface area contributed by atoms with E-state index in [1.807, 2.05) is 0 Å². The van der Waals surface area contributed by atoms with Crippen LogP contribution in [0.3, 0.4) is 0 Å². The average Bonchev–Trinajstić information content (AvgIpc) is 2.55. The maximum Gasteiger partial charge on any atom is 0.417 e. The first-order valence-electron chi connectivity index (χ1n) is 7.21. The zero-order valence-corrected chi connectivity index (χ0v) is 14.6. The van der Waals surface area contributed by atoms with Gasteiger partial charge < -0.3 is 10.1 Å². The van der Waals surface area contributed by atoms with Gasteiger partial charge in [0, 0.05) is 18.6 Å². The Labute approximate surface area is 154 Å². The minimum atomic E-state index is -5.00. The van der Waals surface area contributed by atoms with Gasteiger partial charge in [-0.1, -0.05) is 11.6 Å². The number of amides is 1. The molecule has 0 fully saturated rings. The number of benzene rings is 2. The fourth-order valence-corrected chi connectivity index (χ4v) is 2.52. The lowest BCUT2D eigenvalue weighted by molar-refractivity contribution is -0.137. The van der Waals surface area contributed by atoms with Crippen LogP contribution in [-0.2, 0) is 15.7 Å². The van der Waals surface area contributed by atoms with Crippen LogP contribution in [0.4, 0.5) is 27.6 Å². The molecule has 0 bridgehead atoms. The maximum absolute atomic E-state index is 14.2. The fraction of sp³-hybridized carbons (Fsp3) is 0.176. The normalized spacial score (nSPS) is 11.3. The van der Waals surface area contributed by atoms with Crippen molar-refractivity contribution >= 4 is 29.2 Å². The highest BCUT2D eigenvalue weighted by atomic mass is 35.5. The molecule has 0 spiro atoms. The summed E-state index contributed by atoms with van der Waals surface area (Å²) in [6.45, 7) is 1.06. The number of anilines is 1. The molecule has 0 unspecified atom stereocenters. The number of ether oxygens (including phenoxy) is 1. The highest BCUT2D eigenvalue weighted by molar-refractivity contribution is 6.31. The van der Waals surface area contributed by atoms with Crippen molar-refractivity contribution in [3.63, 3.8) is 0 Å². The molecule has 2 rings (SSSR count). The summed E-state index contributed by atoms with van der Waals surface area (Å²) in [5.41, 5.74) is -3.71. The van der Waals surface area contributed by atoms with Gasteiger partial charge in [0.15, 0.2) is 0 Å². The Bertz CT molecular complexity index is 928. The Hall–Kier alpha value is -2.68. The number of carbonyl (C=O) groups excluding carboxylic acids is 2. The molecule has 0 aliphatic heterocycles. The van der Waals surface area contributed by atoms with Crippen molar-refractivity contribution in [1.82, 2.24) is 0 Å². The predicted octanol–water partition coefficient (Wildman–Crippen LogP) is 5.05. The van der Waals surface area contributed by atoms with E-state index in [2.05, 4.69) is 10.1 Å². The van der Waals surface area contributed by atoms with Gasteiger partial charge in [0.1, 0.15) is 11.6 Å². The topological polar surface area (TPSA) is 55.4 Å². The van der Waals surface area contributed by atoms with Gasteiger partial charge in [0.2, 0.25) is 5.91 Å². The number of rotatable bonds is 3. The lowest BCUT2D eigenvalue weighted by atomic mass is 9.95. The number of halogens is 6. The lowest BCUT2D eigenvalue weighted by Crippen LogP contribution is -2.16. The number of esters is 1. The third-order valence-corrected chi connectivity index (χ3v) is 3.77. The van der Waals surface area contributed by atoms with Crippen molar-refractivity contribution in [2.75, 3.05) is 12.4 Å². The monoisotopic (exact) mass is 407 g/mol. The highest BCUT2D eigenvalue weighted by Crippen LogP contribution is 2.42. The van der Waals surface area contributed by atoms with Crippen LogP contribution >= 0.6 is 11.6 Å². The van der Waals surface area contributed by atoms with Crippen LogP contribution in [0.2, 0.25) is 5.02 Å². The first-order chi connectivity index (χ1) is 12.5. The summed E-state index contributed by atoms with van der Waals surface area (Å²) in [6, 6.07) is 2.20. The summed E-state index contributed by atoms with van der Waals surface area (Å²) in [5, 5.41) is 1.59. The van der Waals surface area contributed by atoms with Crippen molar-refractivity contribution in [2.45, 2.75) is 13.1 Å². The zero-order chi connectivity index (χ0) is 20.5. The van der Waals surface area contributed by atoms with Gasteiger partial charge in [-0.15, -0.1) is 0 Å². The number of nitrogens with one attached hydrogen (secondary N) is 1. The van der Waals surface area contributed by atoms with Gasteiger partial charge in [0.25, 0.3) is 0 Å². The Balaban J connectivity index is 2.88. The van der Waals surface area contributed by atoms with Crippen molar-refractivity contribution < 1.29 is 36.3 Å². The number of carbonyl (C=O) groups is 2. The zero-order valence-electron chi connectivity index (χ0n) is 13.8. The van der Waals surface area contributed by atoms with Crippen LogP contribution in [0, 0.1) is 11.6 Å². The summed E-state index contributed by atoms with van der Waals surface area (Å²) < 4.78 is 72.5. The first-order valence-corrected chi connectivity index (χ1v) is 7.59. The SMILES string of the molecule is COC(=O)c1cc(C(F)(F)F)c(-c2cc(Cl)c(F)cc2F)cc1NC(C)=O. The molecule has 0 aliphatic rings. The quantitative estimate of drug-likeness (QED) is 0.440. The number of alkyl halides is 3. The second-order valence-electron chi connectivity index (χ2n) is 5.36. The maximum atomic E-state index is 14.2. The molecule has 0 saturated carbocycles. The third kappa shape index (κ3) is 4.36. The van der Waals surface area contributed by atoms with E-state index in [4.69, 9.17) is 11.6 Å². The number of methoxy groups -OCH3 is 1. The Kier molecular flexibility index (Phi) is 5.74. The van der Waals surface area contributed by atoms with Gasteiger partial charge >= 0.3 is 12.1 Å². The summed E-state index contributed by atoms with van der Waals surface area (Å²) >= 11 is 5.56. The van der Waals surface area contributed by atoms with Crippen molar-refractivity contribution in [3.05, 3.63) is 52.0 Å². The van der Waals surface area contributed by atoms with Crippen LogP contribution in [-0.4, -0.2) is 19.0 Å². The number of hydrogen-bond acceptors (Lipinski definition) is 3. The van der Waals surface area contributed by atoms with E-state index in [0.717, 1.165) is 20.1 Å². The van der Waals surface area contributed by atoms with Crippen molar-refractivity contribution in [3.8, 4) is 11.1 Å². The predicted molar refractivity (Wildman–Crippen MR) is 87.4 cm³/mol. The Morgan fingerprint density at radius 1 is 1.04 bits per heavy atom. The van der Waals surface area contributed by atoms with Crippen LogP contribution in [0.25, 0.3) is 11.1 Å². The van der Waals surface area contributed by atoms with Crippen molar-refractivity contribution in [1.29, 1.82) is 0 Å². The molecule has 10 heteroatoms. The first kappa shape index (κ1) is 20.6. The van der Waals surface area contributed by atoms with Crippen LogP contribution in [0.1, 0.15) is 22.8 Å². The Morgan fingerprint density at radius 3 is 2.19 bits per heavy atom. The molecule has 2 aromatic carbocycles. The van der Waals surface area contributed by atoms with Crippen LogP contribution in [0.15, 0.2) is 24.3 Å². The standard InChI is InChI=1S/C17H11ClF5NO3/c1-7(25)24-15-5-8(9-4-12(18)14(20)6-13(9)19)11(17(21,22)23)3-10(15)16(26)27-2/h3-6H,1-2H3,(H,24,25). The largest absolute Gasteiger partial charge is 0.465 e. The molecule has 0 aliphatic carbocycles. The van der Waals surface area contributed by atoms with E-state index >= 15 is 0 Å². The van der Waals surface area contributed by atoms with E-state index in [-0.39, 0.29) is 5.69 Å². The molecule has 0 atom stereocenters. The summed E-state index contributed by atoms with van der Waals surface area (Å²) in [4.78, 5) is 23.2. The fourth-order valence-electron chi connectivity index (χ4n) is 2.36. The van der Waals surface area contributed by atoms with E-state index in [1.54, 1.807) is 0 Å². The van der Waals surface area contributed by atoms with E-state index in [9.17, 15) is 31.5 Å². The molecule has 0 radical (unpaired) electrons. The van der Waals surface area contributed by atoms with Gasteiger partial charge in [-0.25, -0.2) is 13.6 Å². The molecular formula is C17H11ClF5NO3. The second-order valence-corrected chi connectivity index (χ2v) is 5.77. The summed E-state index contributed by atoms with van der Waals surface area (Å²) in [7, 11) is 0.945. The van der Waals surface area contributed by atoms with E-state index in [1.165, 1.54) is 0 Å². The van der Waals surface area contributed by atoms with Crippen molar-refractivity contribution in [2.24, 2.45) is 0 Å². The molecule has 144 valence electrons. The Morgan fingerprint density at radius 2 is 1.67 bits per heavy atom. The second kappa shape index (κ2) is 7.51. The molecule has 2 aromatic rings. The molecule has 27 heavy (non-hydrogen) atoms. The minimum Gasteiger partial charge on any atom is -0.465 e. The molecule has 0 saturated heterocycles. The summed E-state index contributed by atoms with van der Waals surface area (Å²) in [6.07, 6.45) is -5.00. The molecule has 1 amide bonds. The highest BCUT2D eigenvalue weighted by Gasteiger charge is 2.36. The van der Waals surface area contributed by atoms with E-state index in [0.29, 0.717) is 18.2 Å². The molecule has 1 N–H and O–H groups in total. The van der Waals surface area contributed by atoms with Gasteiger partial charge in [0.05, 0.1) is 28.9 Å². The molecule has 4 nitrogen and oxygen atoms in total. The van der Waals surface area contributed by atoms with Gasteiger partial charge in [-0.2, -0.15) is 13.2 Å². The third-order valence-electron chi connectivity index (χ3n) is 3.48. The molecular weight excluding hydrogens is 397 g/mol. The molecule has 0 heterocycles. The lowest BCUT2D eigenvalue weighted by Gasteiger charge is -2.18.